The highest BCUT2D eigenvalue weighted by atomic mass is 16.3. The van der Waals surface area contributed by atoms with Gasteiger partial charge in [0.1, 0.15) is 0 Å². The van der Waals surface area contributed by atoms with E-state index in [0.717, 1.165) is 5.69 Å². The van der Waals surface area contributed by atoms with Gasteiger partial charge in [-0.05, 0) is 26.0 Å². The van der Waals surface area contributed by atoms with Crippen LogP contribution < -0.4 is 0 Å². The van der Waals surface area contributed by atoms with Crippen molar-refractivity contribution in [3.05, 3.63) is 24.0 Å². The van der Waals surface area contributed by atoms with Gasteiger partial charge >= 0.3 is 0 Å². The van der Waals surface area contributed by atoms with Crippen LogP contribution in [0.2, 0.25) is 0 Å². The molecule has 0 saturated carbocycles. The molecule has 1 heterocycles. The number of aliphatic hydroxyl groups is 1. The SMILES string of the molecule is CC(C)n1cccc1CO. The summed E-state index contributed by atoms with van der Waals surface area (Å²) < 4.78 is 2.06. The zero-order valence-corrected chi connectivity index (χ0v) is 6.41. The first kappa shape index (κ1) is 7.35. The van der Waals surface area contributed by atoms with Crippen molar-refractivity contribution in [3.63, 3.8) is 0 Å². The summed E-state index contributed by atoms with van der Waals surface area (Å²) in [6.07, 6.45) is 1.98. The summed E-state index contributed by atoms with van der Waals surface area (Å²) in [7, 11) is 0. The maximum absolute atomic E-state index is 8.84. The van der Waals surface area contributed by atoms with Crippen LogP contribution in [0.5, 0.6) is 0 Å². The molecule has 0 amide bonds. The van der Waals surface area contributed by atoms with Crippen LogP contribution in [0, 0.1) is 0 Å². The molecule has 0 aliphatic rings. The average molecular weight is 139 g/mol. The number of hydrogen-bond acceptors (Lipinski definition) is 1. The smallest absolute Gasteiger partial charge is 0.0832 e. The Kier molecular flexibility index (Phi) is 2.12. The lowest BCUT2D eigenvalue weighted by atomic mass is 10.3. The summed E-state index contributed by atoms with van der Waals surface area (Å²) in [5, 5.41) is 8.84. The molecular weight excluding hydrogens is 126 g/mol. The molecule has 0 atom stereocenters. The molecule has 1 rings (SSSR count). The molecule has 0 spiro atoms. The van der Waals surface area contributed by atoms with Gasteiger partial charge in [-0.2, -0.15) is 0 Å². The second kappa shape index (κ2) is 2.88. The quantitative estimate of drug-likeness (QED) is 0.661. The molecule has 0 aliphatic heterocycles. The van der Waals surface area contributed by atoms with Gasteiger partial charge in [0, 0.05) is 17.9 Å². The molecule has 0 fully saturated rings. The zero-order chi connectivity index (χ0) is 7.56. The molecule has 0 saturated heterocycles. The lowest BCUT2D eigenvalue weighted by Gasteiger charge is -2.10. The Bertz CT molecular complexity index is 203. The van der Waals surface area contributed by atoms with Crippen LogP contribution in [0.25, 0.3) is 0 Å². The third-order valence-electron chi connectivity index (χ3n) is 1.59. The van der Waals surface area contributed by atoms with Gasteiger partial charge in [0.25, 0.3) is 0 Å². The molecule has 2 nitrogen and oxygen atoms in total. The van der Waals surface area contributed by atoms with Gasteiger partial charge in [0.05, 0.1) is 6.61 Å². The lowest BCUT2D eigenvalue weighted by Crippen LogP contribution is -2.03. The van der Waals surface area contributed by atoms with Gasteiger partial charge in [-0.25, -0.2) is 0 Å². The van der Waals surface area contributed by atoms with E-state index in [1.807, 2.05) is 18.3 Å². The number of aliphatic hydroxyl groups excluding tert-OH is 1. The molecular formula is C8H13NO. The van der Waals surface area contributed by atoms with E-state index in [9.17, 15) is 0 Å². The minimum atomic E-state index is 0.130. The fraction of sp³-hybridized carbons (Fsp3) is 0.500. The topological polar surface area (TPSA) is 25.2 Å². The van der Waals surface area contributed by atoms with Crippen molar-refractivity contribution in [2.45, 2.75) is 26.5 Å². The molecule has 0 radical (unpaired) electrons. The van der Waals surface area contributed by atoms with Gasteiger partial charge in [-0.3, -0.25) is 0 Å². The summed E-state index contributed by atoms with van der Waals surface area (Å²) >= 11 is 0. The molecule has 1 aromatic heterocycles. The third-order valence-corrected chi connectivity index (χ3v) is 1.59. The summed E-state index contributed by atoms with van der Waals surface area (Å²) in [5.41, 5.74) is 0.981. The fourth-order valence-electron chi connectivity index (χ4n) is 1.07. The van der Waals surface area contributed by atoms with Crippen molar-refractivity contribution < 1.29 is 5.11 Å². The molecule has 0 aromatic carbocycles. The van der Waals surface area contributed by atoms with Crippen molar-refractivity contribution >= 4 is 0 Å². The summed E-state index contributed by atoms with van der Waals surface area (Å²) in [6.45, 7) is 4.32. The highest BCUT2D eigenvalue weighted by Crippen LogP contribution is 2.09. The van der Waals surface area contributed by atoms with E-state index in [0.29, 0.717) is 6.04 Å². The molecule has 2 heteroatoms. The van der Waals surface area contributed by atoms with E-state index in [1.165, 1.54) is 0 Å². The molecule has 10 heavy (non-hydrogen) atoms. The second-order valence-electron chi connectivity index (χ2n) is 2.66. The summed E-state index contributed by atoms with van der Waals surface area (Å²) in [5.74, 6) is 0. The van der Waals surface area contributed by atoms with Gasteiger partial charge in [0.15, 0.2) is 0 Å². The van der Waals surface area contributed by atoms with E-state index in [1.54, 1.807) is 0 Å². The molecule has 0 bridgehead atoms. The van der Waals surface area contributed by atoms with Crippen LogP contribution in [0.15, 0.2) is 18.3 Å². The molecule has 0 unspecified atom stereocenters. The van der Waals surface area contributed by atoms with Gasteiger partial charge in [0.2, 0.25) is 0 Å². The Morgan fingerprint density at radius 2 is 2.30 bits per heavy atom. The van der Waals surface area contributed by atoms with E-state index >= 15 is 0 Å². The predicted molar refractivity (Wildman–Crippen MR) is 40.7 cm³/mol. The average Bonchev–Trinajstić information content (AvgIpc) is 2.33. The van der Waals surface area contributed by atoms with E-state index < -0.39 is 0 Å². The number of nitrogens with zero attached hydrogens (tertiary/aromatic N) is 1. The van der Waals surface area contributed by atoms with Gasteiger partial charge < -0.3 is 9.67 Å². The molecule has 0 aliphatic carbocycles. The zero-order valence-electron chi connectivity index (χ0n) is 6.41. The normalized spacial score (nSPS) is 10.8. The standard InChI is InChI=1S/C8H13NO/c1-7(2)9-5-3-4-8(9)6-10/h3-5,7,10H,6H2,1-2H3. The third kappa shape index (κ3) is 1.21. The van der Waals surface area contributed by atoms with Crippen LogP contribution in [0.4, 0.5) is 0 Å². The van der Waals surface area contributed by atoms with Gasteiger partial charge in [-0.15, -0.1) is 0 Å². The van der Waals surface area contributed by atoms with Crippen molar-refractivity contribution in [1.29, 1.82) is 0 Å². The molecule has 56 valence electrons. The van der Waals surface area contributed by atoms with E-state index in [2.05, 4.69) is 18.4 Å². The Morgan fingerprint density at radius 3 is 2.70 bits per heavy atom. The van der Waals surface area contributed by atoms with Crippen molar-refractivity contribution in [3.8, 4) is 0 Å². The van der Waals surface area contributed by atoms with Crippen molar-refractivity contribution in [1.82, 2.24) is 4.57 Å². The minimum Gasteiger partial charge on any atom is -0.390 e. The first-order valence-electron chi connectivity index (χ1n) is 3.52. The van der Waals surface area contributed by atoms with E-state index in [4.69, 9.17) is 5.11 Å². The summed E-state index contributed by atoms with van der Waals surface area (Å²) in [6, 6.07) is 4.32. The largest absolute Gasteiger partial charge is 0.390 e. The van der Waals surface area contributed by atoms with Gasteiger partial charge in [-0.1, -0.05) is 0 Å². The minimum absolute atomic E-state index is 0.130. The van der Waals surface area contributed by atoms with Crippen LogP contribution in [0.3, 0.4) is 0 Å². The maximum atomic E-state index is 8.84. The van der Waals surface area contributed by atoms with Crippen LogP contribution >= 0.6 is 0 Å². The maximum Gasteiger partial charge on any atom is 0.0832 e. The van der Waals surface area contributed by atoms with E-state index in [-0.39, 0.29) is 6.61 Å². The highest BCUT2D eigenvalue weighted by molar-refractivity contribution is 5.06. The number of hydrogen-bond donors (Lipinski definition) is 1. The number of rotatable bonds is 2. The molecule has 1 N–H and O–H groups in total. The Morgan fingerprint density at radius 1 is 1.60 bits per heavy atom. The Labute approximate surface area is 61.1 Å². The van der Waals surface area contributed by atoms with Crippen LogP contribution in [0.1, 0.15) is 25.6 Å². The predicted octanol–water partition coefficient (Wildman–Crippen LogP) is 1.56. The fourth-order valence-corrected chi connectivity index (χ4v) is 1.07. The number of aromatic nitrogens is 1. The van der Waals surface area contributed by atoms with Crippen LogP contribution in [-0.2, 0) is 6.61 Å². The first-order chi connectivity index (χ1) is 4.75. The first-order valence-corrected chi connectivity index (χ1v) is 3.52. The Balaban J connectivity index is 2.90. The molecule has 1 aromatic rings. The summed E-state index contributed by atoms with van der Waals surface area (Å²) in [4.78, 5) is 0. The monoisotopic (exact) mass is 139 g/mol. The van der Waals surface area contributed by atoms with Crippen LogP contribution in [-0.4, -0.2) is 9.67 Å². The second-order valence-corrected chi connectivity index (χ2v) is 2.66. The lowest BCUT2D eigenvalue weighted by molar-refractivity contribution is 0.268. The van der Waals surface area contributed by atoms with Crippen molar-refractivity contribution in [2.24, 2.45) is 0 Å². The highest BCUT2D eigenvalue weighted by Gasteiger charge is 2.00. The Hall–Kier alpha value is -0.760. The van der Waals surface area contributed by atoms with Crippen molar-refractivity contribution in [2.75, 3.05) is 0 Å².